The van der Waals surface area contributed by atoms with Gasteiger partial charge in [0.05, 0.1) is 18.0 Å². The second-order valence-corrected chi connectivity index (χ2v) is 5.83. The van der Waals surface area contributed by atoms with E-state index in [-0.39, 0.29) is 29.3 Å². The van der Waals surface area contributed by atoms with E-state index in [0.29, 0.717) is 5.56 Å². The average Bonchev–Trinajstić information content (AvgIpc) is 2.67. The Hall–Kier alpha value is -3.30. The minimum absolute atomic E-state index is 0.0488. The molecule has 1 aromatic heterocycles. The summed E-state index contributed by atoms with van der Waals surface area (Å²) in [5.41, 5.74) is 1.82. The Kier molecular flexibility index (Phi) is 5.20. The number of rotatable bonds is 5. The lowest BCUT2D eigenvalue weighted by molar-refractivity contribution is 0.208. The lowest BCUT2D eigenvalue weighted by Crippen LogP contribution is -2.17. The number of aliphatic hydroxyl groups is 1. The number of nitrogens with one attached hydrogen (secondary N) is 1. The van der Waals surface area contributed by atoms with Crippen LogP contribution in [0.5, 0.6) is 0 Å². The third kappa shape index (κ3) is 3.68. The summed E-state index contributed by atoms with van der Waals surface area (Å²) < 4.78 is 15.0. The van der Waals surface area contributed by atoms with Gasteiger partial charge in [-0.15, -0.1) is 0 Å². The molecule has 1 heterocycles. The average molecular weight is 348 g/mol. The van der Waals surface area contributed by atoms with Crippen LogP contribution in [0.15, 0.2) is 54.7 Å². The van der Waals surface area contributed by atoms with Crippen LogP contribution < -0.4 is 5.32 Å². The minimum atomic E-state index is -0.594. The van der Waals surface area contributed by atoms with E-state index in [1.54, 1.807) is 25.1 Å². The van der Waals surface area contributed by atoms with Crippen LogP contribution in [0.4, 0.5) is 10.2 Å². The molecule has 0 radical (unpaired) electrons. The van der Waals surface area contributed by atoms with Gasteiger partial charge in [0.2, 0.25) is 0 Å². The van der Waals surface area contributed by atoms with E-state index < -0.39 is 11.9 Å². The first kappa shape index (κ1) is 17.5. The molecule has 0 unspecified atom stereocenters. The van der Waals surface area contributed by atoms with Gasteiger partial charge in [0, 0.05) is 17.7 Å². The van der Waals surface area contributed by atoms with Crippen molar-refractivity contribution in [1.82, 2.24) is 9.97 Å². The Morgan fingerprint density at radius 3 is 2.58 bits per heavy atom. The molecule has 0 aliphatic heterocycles. The maximum absolute atomic E-state index is 15.0. The van der Waals surface area contributed by atoms with Gasteiger partial charge in [0.25, 0.3) is 0 Å². The number of aromatic nitrogens is 2. The highest BCUT2D eigenvalue weighted by Crippen LogP contribution is 2.30. The molecule has 0 saturated carbocycles. The normalized spacial score (nSPS) is 11.6. The summed E-state index contributed by atoms with van der Waals surface area (Å²) in [5, 5.41) is 21.5. The predicted molar refractivity (Wildman–Crippen MR) is 97.7 cm³/mol. The van der Waals surface area contributed by atoms with Crippen molar-refractivity contribution < 1.29 is 9.50 Å². The van der Waals surface area contributed by atoms with Gasteiger partial charge in [-0.3, -0.25) is 0 Å². The summed E-state index contributed by atoms with van der Waals surface area (Å²) in [6.45, 7) is 1.85. The minimum Gasteiger partial charge on any atom is -0.392 e. The van der Waals surface area contributed by atoms with Crippen LogP contribution in [0.3, 0.4) is 0 Å². The highest BCUT2D eigenvalue weighted by molar-refractivity contribution is 5.73. The largest absolute Gasteiger partial charge is 0.392 e. The number of nitrogens with zero attached hydrogens (tertiary/aromatic N) is 3. The zero-order chi connectivity index (χ0) is 18.5. The number of aliphatic hydroxyl groups excluding tert-OH is 1. The fourth-order valence-electron chi connectivity index (χ4n) is 2.54. The Morgan fingerprint density at radius 2 is 1.88 bits per heavy atom. The Morgan fingerprint density at radius 1 is 1.15 bits per heavy atom. The molecule has 0 aliphatic carbocycles. The van der Waals surface area contributed by atoms with Gasteiger partial charge in [-0.05, 0) is 18.6 Å². The van der Waals surface area contributed by atoms with Gasteiger partial charge in [-0.1, -0.05) is 42.5 Å². The van der Waals surface area contributed by atoms with Crippen molar-refractivity contribution in [2.24, 2.45) is 0 Å². The maximum Gasteiger partial charge on any atom is 0.183 e. The zero-order valence-corrected chi connectivity index (χ0v) is 14.1. The van der Waals surface area contributed by atoms with Gasteiger partial charge in [-0.2, -0.15) is 5.26 Å². The Balaban J connectivity index is 2.01. The molecule has 0 amide bonds. The fourth-order valence-corrected chi connectivity index (χ4v) is 2.54. The van der Waals surface area contributed by atoms with Crippen molar-refractivity contribution in [2.45, 2.75) is 13.0 Å². The van der Waals surface area contributed by atoms with Gasteiger partial charge < -0.3 is 10.4 Å². The van der Waals surface area contributed by atoms with E-state index in [1.165, 1.54) is 6.20 Å². The van der Waals surface area contributed by atoms with E-state index in [9.17, 15) is 10.4 Å². The van der Waals surface area contributed by atoms with E-state index in [0.717, 1.165) is 5.56 Å². The molecule has 2 N–H and O–H groups in total. The first-order valence-electron chi connectivity index (χ1n) is 8.13. The standard InChI is InChI=1S/C20H17FN4O/c1-13(26)11-23-20-17(10-22)25-18(12-24-20)16-9-5-8-15(19(16)21)14-6-3-2-4-7-14/h2-9,12-13,26H,11H2,1H3,(H,23,24)/t13-/m1/s1. The van der Waals surface area contributed by atoms with Crippen molar-refractivity contribution in [1.29, 1.82) is 5.26 Å². The summed E-state index contributed by atoms with van der Waals surface area (Å²) in [4.78, 5) is 8.39. The zero-order valence-electron chi connectivity index (χ0n) is 14.1. The number of hydrogen-bond donors (Lipinski definition) is 2. The van der Waals surface area contributed by atoms with Crippen molar-refractivity contribution in [3.63, 3.8) is 0 Å². The van der Waals surface area contributed by atoms with Crippen molar-refractivity contribution in [3.05, 3.63) is 66.2 Å². The molecule has 0 fully saturated rings. The van der Waals surface area contributed by atoms with Gasteiger partial charge in [0.15, 0.2) is 11.5 Å². The summed E-state index contributed by atoms with van der Waals surface area (Å²) in [7, 11) is 0. The predicted octanol–water partition coefficient (Wildman–Crippen LogP) is 3.61. The smallest absolute Gasteiger partial charge is 0.183 e. The van der Waals surface area contributed by atoms with Crippen LogP contribution in [-0.2, 0) is 0 Å². The van der Waals surface area contributed by atoms with E-state index in [2.05, 4.69) is 15.3 Å². The lowest BCUT2D eigenvalue weighted by Gasteiger charge is -2.11. The van der Waals surface area contributed by atoms with E-state index >= 15 is 4.39 Å². The molecular weight excluding hydrogens is 331 g/mol. The Bertz CT molecular complexity index is 952. The maximum atomic E-state index is 15.0. The van der Waals surface area contributed by atoms with Crippen LogP contribution in [0.2, 0.25) is 0 Å². The molecule has 5 nitrogen and oxygen atoms in total. The monoisotopic (exact) mass is 348 g/mol. The second-order valence-electron chi connectivity index (χ2n) is 5.83. The van der Waals surface area contributed by atoms with Crippen molar-refractivity contribution >= 4 is 5.82 Å². The lowest BCUT2D eigenvalue weighted by atomic mass is 10.0. The van der Waals surface area contributed by atoms with Crippen LogP contribution in [-0.4, -0.2) is 27.7 Å². The third-order valence-electron chi connectivity index (χ3n) is 3.80. The molecule has 0 bridgehead atoms. The number of hydrogen-bond acceptors (Lipinski definition) is 5. The third-order valence-corrected chi connectivity index (χ3v) is 3.80. The number of nitriles is 1. The second kappa shape index (κ2) is 7.72. The highest BCUT2D eigenvalue weighted by Gasteiger charge is 2.15. The van der Waals surface area contributed by atoms with Crippen LogP contribution in [0, 0.1) is 17.1 Å². The summed E-state index contributed by atoms with van der Waals surface area (Å²) in [6, 6.07) is 16.2. The summed E-state index contributed by atoms with van der Waals surface area (Å²) in [6.07, 6.45) is 0.821. The molecule has 130 valence electrons. The van der Waals surface area contributed by atoms with E-state index in [4.69, 9.17) is 0 Å². The van der Waals surface area contributed by atoms with Crippen LogP contribution >= 0.6 is 0 Å². The molecule has 3 rings (SSSR count). The fraction of sp³-hybridized carbons (Fsp3) is 0.150. The van der Waals surface area contributed by atoms with Gasteiger partial charge in [-0.25, -0.2) is 14.4 Å². The molecule has 0 spiro atoms. The van der Waals surface area contributed by atoms with Crippen LogP contribution in [0.25, 0.3) is 22.4 Å². The number of anilines is 1. The SMILES string of the molecule is C[C@@H](O)CNc1ncc(-c2cccc(-c3ccccc3)c2F)nc1C#N. The van der Waals surface area contributed by atoms with Crippen molar-refractivity contribution in [2.75, 3.05) is 11.9 Å². The Labute approximate surface area is 150 Å². The van der Waals surface area contributed by atoms with Gasteiger partial charge in [0.1, 0.15) is 11.9 Å². The molecule has 3 aromatic rings. The highest BCUT2D eigenvalue weighted by atomic mass is 19.1. The van der Waals surface area contributed by atoms with E-state index in [1.807, 2.05) is 36.4 Å². The van der Waals surface area contributed by atoms with Crippen molar-refractivity contribution in [3.8, 4) is 28.5 Å². The summed E-state index contributed by atoms with van der Waals surface area (Å²) in [5.74, 6) is -0.154. The van der Waals surface area contributed by atoms with Crippen LogP contribution in [0.1, 0.15) is 12.6 Å². The molecule has 1 atom stereocenters. The first-order valence-corrected chi connectivity index (χ1v) is 8.13. The summed E-state index contributed by atoms with van der Waals surface area (Å²) >= 11 is 0. The molecule has 0 aliphatic rings. The molecule has 2 aromatic carbocycles. The van der Waals surface area contributed by atoms with Gasteiger partial charge >= 0.3 is 0 Å². The molecular formula is C20H17FN4O. The molecule has 26 heavy (non-hydrogen) atoms. The topological polar surface area (TPSA) is 81.8 Å². The molecule has 0 saturated heterocycles. The number of benzene rings is 2. The molecule has 6 heteroatoms. The quantitative estimate of drug-likeness (QED) is 0.736. The first-order chi connectivity index (χ1) is 12.6. The number of halogens is 1.